The molecule has 2 rings (SSSR count). The van der Waals surface area contributed by atoms with E-state index in [-0.39, 0.29) is 0 Å². The van der Waals surface area contributed by atoms with Gasteiger partial charge < -0.3 is 5.11 Å². The van der Waals surface area contributed by atoms with Crippen LogP contribution in [0, 0.1) is 0 Å². The van der Waals surface area contributed by atoms with Crippen molar-refractivity contribution in [3.05, 3.63) is 47.8 Å². The van der Waals surface area contributed by atoms with Crippen LogP contribution in [0.15, 0.2) is 36.7 Å². The molecule has 19 heavy (non-hydrogen) atoms. The van der Waals surface area contributed by atoms with Crippen molar-refractivity contribution in [3.63, 3.8) is 0 Å². The second-order valence-electron chi connectivity index (χ2n) is 4.19. The Morgan fingerprint density at radius 1 is 1.26 bits per heavy atom. The summed E-state index contributed by atoms with van der Waals surface area (Å²) >= 11 is 0. The highest BCUT2D eigenvalue weighted by atomic mass is 19.4. The van der Waals surface area contributed by atoms with Gasteiger partial charge in [-0.2, -0.15) is 18.3 Å². The first-order chi connectivity index (χ1) is 8.91. The van der Waals surface area contributed by atoms with Crippen molar-refractivity contribution in [2.24, 2.45) is 0 Å². The Morgan fingerprint density at radius 2 is 1.89 bits per heavy atom. The summed E-state index contributed by atoms with van der Waals surface area (Å²) in [7, 11) is 0. The van der Waals surface area contributed by atoms with Gasteiger partial charge in [0.15, 0.2) is 0 Å². The van der Waals surface area contributed by atoms with Crippen molar-refractivity contribution in [3.8, 4) is 5.69 Å². The number of rotatable bonds is 3. The van der Waals surface area contributed by atoms with Crippen LogP contribution in [0.3, 0.4) is 0 Å². The molecule has 6 heteroatoms. The minimum Gasteiger partial charge on any atom is -0.388 e. The van der Waals surface area contributed by atoms with Crippen molar-refractivity contribution in [2.75, 3.05) is 0 Å². The number of alkyl halides is 3. The van der Waals surface area contributed by atoms with Gasteiger partial charge in [-0.1, -0.05) is 19.1 Å². The fraction of sp³-hybridized carbons (Fsp3) is 0.308. The average Bonchev–Trinajstić information content (AvgIpc) is 2.87. The second-order valence-corrected chi connectivity index (χ2v) is 4.19. The molecular weight excluding hydrogens is 257 g/mol. The molecule has 0 spiro atoms. The maximum Gasteiger partial charge on any atom is 0.419 e. The van der Waals surface area contributed by atoms with Gasteiger partial charge in [0.1, 0.15) is 0 Å². The molecule has 1 atom stereocenters. The molecule has 2 aromatic rings. The lowest BCUT2D eigenvalue weighted by Gasteiger charge is -2.09. The summed E-state index contributed by atoms with van der Waals surface area (Å²) < 4.78 is 38.5. The molecule has 3 nitrogen and oxygen atoms in total. The van der Waals surface area contributed by atoms with Gasteiger partial charge in [0.05, 0.1) is 23.6 Å². The van der Waals surface area contributed by atoms with Crippen LogP contribution in [-0.4, -0.2) is 14.9 Å². The quantitative estimate of drug-likeness (QED) is 0.929. The minimum absolute atomic E-state index is 0.516. The Balaban J connectivity index is 2.25. The molecule has 0 amide bonds. The van der Waals surface area contributed by atoms with Crippen LogP contribution in [0.5, 0.6) is 0 Å². The zero-order valence-corrected chi connectivity index (χ0v) is 10.2. The van der Waals surface area contributed by atoms with Crippen LogP contribution < -0.4 is 0 Å². The molecule has 1 aromatic carbocycles. The van der Waals surface area contributed by atoms with E-state index in [1.54, 1.807) is 24.3 Å². The Kier molecular flexibility index (Phi) is 3.61. The number of halogens is 3. The van der Waals surface area contributed by atoms with Crippen molar-refractivity contribution in [2.45, 2.75) is 25.6 Å². The van der Waals surface area contributed by atoms with E-state index in [1.165, 1.54) is 0 Å². The number of benzene rings is 1. The molecule has 1 heterocycles. The van der Waals surface area contributed by atoms with E-state index in [0.29, 0.717) is 12.1 Å². The molecule has 0 unspecified atom stereocenters. The summed E-state index contributed by atoms with van der Waals surface area (Å²) in [6.45, 7) is 1.85. The number of aromatic nitrogens is 2. The van der Waals surface area contributed by atoms with E-state index in [9.17, 15) is 18.3 Å². The fourth-order valence-corrected chi connectivity index (χ4v) is 1.70. The lowest BCUT2D eigenvalue weighted by Crippen LogP contribution is -2.03. The van der Waals surface area contributed by atoms with Gasteiger partial charge in [-0.3, -0.25) is 0 Å². The van der Waals surface area contributed by atoms with E-state index in [0.717, 1.165) is 22.6 Å². The standard InChI is InChI=1S/C13H13F3N2O/c1-2-12(19)9-3-5-11(6-4-9)18-8-10(7-17-18)13(14,15)16/h3-8,12,19H,2H2,1H3/t12-/m0/s1. The number of aliphatic hydroxyl groups is 1. The maximum absolute atomic E-state index is 12.4. The van der Waals surface area contributed by atoms with Crippen molar-refractivity contribution >= 4 is 0 Å². The predicted octanol–water partition coefficient (Wildman–Crippen LogP) is 3.33. The molecule has 0 saturated carbocycles. The highest BCUT2D eigenvalue weighted by molar-refractivity contribution is 5.35. The molecule has 0 saturated heterocycles. The third-order valence-electron chi connectivity index (χ3n) is 2.84. The second kappa shape index (κ2) is 5.05. The molecule has 0 aliphatic carbocycles. The minimum atomic E-state index is -4.39. The lowest BCUT2D eigenvalue weighted by atomic mass is 10.1. The molecule has 0 bridgehead atoms. The van der Waals surface area contributed by atoms with Crippen LogP contribution in [0.4, 0.5) is 13.2 Å². The molecular formula is C13H13F3N2O. The molecule has 1 N–H and O–H groups in total. The van der Waals surface area contributed by atoms with Gasteiger partial charge in [-0.05, 0) is 24.1 Å². The van der Waals surface area contributed by atoms with E-state index in [2.05, 4.69) is 5.10 Å². The van der Waals surface area contributed by atoms with Crippen molar-refractivity contribution in [1.82, 2.24) is 9.78 Å². The van der Waals surface area contributed by atoms with E-state index < -0.39 is 17.8 Å². The normalized spacial score (nSPS) is 13.5. The van der Waals surface area contributed by atoms with E-state index in [4.69, 9.17) is 0 Å². The van der Waals surface area contributed by atoms with Crippen LogP contribution in [-0.2, 0) is 6.18 Å². The SMILES string of the molecule is CC[C@H](O)c1ccc(-n2cc(C(F)(F)F)cn2)cc1. The van der Waals surface area contributed by atoms with Crippen molar-refractivity contribution < 1.29 is 18.3 Å². The first-order valence-electron chi connectivity index (χ1n) is 5.82. The highest BCUT2D eigenvalue weighted by Crippen LogP contribution is 2.29. The Morgan fingerprint density at radius 3 is 2.37 bits per heavy atom. The largest absolute Gasteiger partial charge is 0.419 e. The predicted molar refractivity (Wildman–Crippen MR) is 63.8 cm³/mol. The van der Waals surface area contributed by atoms with Crippen LogP contribution in [0.25, 0.3) is 5.69 Å². The van der Waals surface area contributed by atoms with Gasteiger partial charge >= 0.3 is 6.18 Å². The average molecular weight is 270 g/mol. The zero-order chi connectivity index (χ0) is 14.0. The summed E-state index contributed by atoms with van der Waals surface area (Å²) in [5.74, 6) is 0. The Labute approximate surface area is 108 Å². The first kappa shape index (κ1) is 13.6. The van der Waals surface area contributed by atoms with Gasteiger partial charge in [0.2, 0.25) is 0 Å². The van der Waals surface area contributed by atoms with Gasteiger partial charge in [-0.15, -0.1) is 0 Å². The summed E-state index contributed by atoms with van der Waals surface area (Å²) in [5, 5.41) is 13.3. The monoisotopic (exact) mass is 270 g/mol. The van der Waals surface area contributed by atoms with Gasteiger partial charge in [0, 0.05) is 6.20 Å². The van der Waals surface area contributed by atoms with Crippen molar-refractivity contribution in [1.29, 1.82) is 0 Å². The van der Waals surface area contributed by atoms with Crippen LogP contribution >= 0.6 is 0 Å². The Bertz CT molecular complexity index is 546. The number of hydrogen-bond donors (Lipinski definition) is 1. The fourth-order valence-electron chi connectivity index (χ4n) is 1.70. The first-order valence-corrected chi connectivity index (χ1v) is 5.82. The highest BCUT2D eigenvalue weighted by Gasteiger charge is 2.32. The molecule has 1 aromatic heterocycles. The third kappa shape index (κ3) is 2.96. The molecule has 0 fully saturated rings. The molecule has 0 aliphatic heterocycles. The van der Waals surface area contributed by atoms with E-state index >= 15 is 0 Å². The lowest BCUT2D eigenvalue weighted by molar-refractivity contribution is -0.137. The smallest absolute Gasteiger partial charge is 0.388 e. The maximum atomic E-state index is 12.4. The zero-order valence-electron chi connectivity index (χ0n) is 10.2. The van der Waals surface area contributed by atoms with Gasteiger partial charge in [-0.25, -0.2) is 4.68 Å². The van der Waals surface area contributed by atoms with Gasteiger partial charge in [0.25, 0.3) is 0 Å². The third-order valence-corrected chi connectivity index (χ3v) is 2.84. The van der Waals surface area contributed by atoms with Crippen LogP contribution in [0.2, 0.25) is 0 Å². The Hall–Kier alpha value is -1.82. The number of aliphatic hydroxyl groups excluding tert-OH is 1. The summed E-state index contributed by atoms with van der Waals surface area (Å²) in [6.07, 6.45) is -2.65. The number of hydrogen-bond acceptors (Lipinski definition) is 2. The summed E-state index contributed by atoms with van der Waals surface area (Å²) in [5.41, 5.74) is 0.460. The summed E-state index contributed by atoms with van der Waals surface area (Å²) in [6, 6.07) is 6.61. The molecule has 0 aliphatic rings. The van der Waals surface area contributed by atoms with Crippen LogP contribution in [0.1, 0.15) is 30.6 Å². The summed E-state index contributed by atoms with van der Waals surface area (Å²) in [4.78, 5) is 0. The molecule has 102 valence electrons. The number of nitrogens with zero attached hydrogens (tertiary/aromatic N) is 2. The molecule has 0 radical (unpaired) electrons. The van der Waals surface area contributed by atoms with E-state index in [1.807, 2.05) is 6.92 Å². The topological polar surface area (TPSA) is 38.0 Å².